The van der Waals surface area contributed by atoms with E-state index in [1.807, 2.05) is 13.8 Å². The molecule has 0 heterocycles. The van der Waals surface area contributed by atoms with Gasteiger partial charge in [-0.05, 0) is 25.9 Å². The van der Waals surface area contributed by atoms with Gasteiger partial charge in [0.1, 0.15) is 5.54 Å². The molecule has 0 aliphatic heterocycles. The van der Waals surface area contributed by atoms with Gasteiger partial charge < -0.3 is 5.11 Å². The van der Waals surface area contributed by atoms with E-state index in [1.54, 1.807) is 0 Å². The van der Waals surface area contributed by atoms with E-state index in [-0.39, 0.29) is 0 Å². The number of nitrogens with zero attached hydrogens (tertiary/aromatic N) is 1. The molecule has 0 bridgehead atoms. The van der Waals surface area contributed by atoms with E-state index in [0.29, 0.717) is 12.2 Å². The maximum absolute atomic E-state index is 11.4. The number of aliphatic carboxylic acids is 1. The predicted molar refractivity (Wildman–Crippen MR) is 71.3 cm³/mol. The average molecular weight is 247 g/mol. The first-order chi connectivity index (χ1) is 7.58. The minimum absolute atomic E-state index is 0.374. The number of rotatable bonds is 9. The van der Waals surface area contributed by atoms with Gasteiger partial charge in [0.05, 0.1) is 0 Å². The summed E-state index contributed by atoms with van der Waals surface area (Å²) < 4.78 is 0. The second-order valence-corrected chi connectivity index (χ2v) is 4.45. The summed E-state index contributed by atoms with van der Waals surface area (Å²) in [5, 5.41) is 9.39. The van der Waals surface area contributed by atoms with Gasteiger partial charge in [-0.25, -0.2) is 0 Å². The molecule has 0 saturated carbocycles. The highest BCUT2D eigenvalue weighted by Gasteiger charge is 2.40. The maximum Gasteiger partial charge on any atom is 0.324 e. The number of carboxylic acids is 1. The molecule has 0 rings (SSSR count). The SMILES string of the molecule is CCCCCN(CC)[C@@](CC)(CS)C(=O)O. The van der Waals surface area contributed by atoms with Crippen LogP contribution in [-0.4, -0.2) is 40.4 Å². The lowest BCUT2D eigenvalue weighted by atomic mass is 9.95. The van der Waals surface area contributed by atoms with Crippen LogP contribution in [0.2, 0.25) is 0 Å². The fourth-order valence-electron chi connectivity index (χ4n) is 2.02. The molecule has 0 fully saturated rings. The van der Waals surface area contributed by atoms with E-state index >= 15 is 0 Å². The van der Waals surface area contributed by atoms with Crippen LogP contribution < -0.4 is 0 Å². The molecule has 96 valence electrons. The largest absolute Gasteiger partial charge is 0.480 e. The van der Waals surface area contributed by atoms with Crippen molar-refractivity contribution in [2.75, 3.05) is 18.8 Å². The van der Waals surface area contributed by atoms with E-state index in [1.165, 1.54) is 0 Å². The Balaban J connectivity index is 4.64. The summed E-state index contributed by atoms with van der Waals surface area (Å²) in [6.07, 6.45) is 3.98. The van der Waals surface area contributed by atoms with Gasteiger partial charge in [0.15, 0.2) is 0 Å². The van der Waals surface area contributed by atoms with Crippen LogP contribution in [0.1, 0.15) is 46.5 Å². The van der Waals surface area contributed by atoms with Gasteiger partial charge in [-0.1, -0.05) is 33.6 Å². The number of hydrogen-bond donors (Lipinski definition) is 2. The normalized spacial score (nSPS) is 15.1. The van der Waals surface area contributed by atoms with Gasteiger partial charge >= 0.3 is 5.97 Å². The number of thiol groups is 1. The van der Waals surface area contributed by atoms with Crippen molar-refractivity contribution in [3.63, 3.8) is 0 Å². The average Bonchev–Trinajstić information content (AvgIpc) is 2.28. The molecular formula is C12H25NO2S. The minimum Gasteiger partial charge on any atom is -0.480 e. The van der Waals surface area contributed by atoms with Gasteiger partial charge in [0.2, 0.25) is 0 Å². The van der Waals surface area contributed by atoms with Gasteiger partial charge in [0.25, 0.3) is 0 Å². The number of hydrogen-bond acceptors (Lipinski definition) is 3. The summed E-state index contributed by atoms with van der Waals surface area (Å²) in [5.41, 5.74) is -0.786. The predicted octanol–water partition coefficient (Wildman–Crippen LogP) is 2.66. The van der Waals surface area contributed by atoms with Crippen molar-refractivity contribution in [3.8, 4) is 0 Å². The Hall–Kier alpha value is -0.220. The van der Waals surface area contributed by atoms with Crippen molar-refractivity contribution in [2.45, 2.75) is 52.0 Å². The fraction of sp³-hybridized carbons (Fsp3) is 0.917. The molecule has 1 atom stereocenters. The molecular weight excluding hydrogens is 222 g/mol. The third-order valence-electron chi connectivity index (χ3n) is 3.26. The molecule has 0 aromatic carbocycles. The first kappa shape index (κ1) is 15.8. The lowest BCUT2D eigenvalue weighted by Crippen LogP contribution is -2.56. The highest BCUT2D eigenvalue weighted by atomic mass is 32.1. The molecule has 0 radical (unpaired) electrons. The third kappa shape index (κ3) is 3.67. The first-order valence-corrected chi connectivity index (χ1v) is 6.81. The van der Waals surface area contributed by atoms with Crippen LogP contribution in [0, 0.1) is 0 Å². The van der Waals surface area contributed by atoms with E-state index in [0.717, 1.165) is 32.4 Å². The summed E-state index contributed by atoms with van der Waals surface area (Å²) in [5.74, 6) is -0.373. The van der Waals surface area contributed by atoms with Crippen molar-refractivity contribution in [2.24, 2.45) is 0 Å². The second-order valence-electron chi connectivity index (χ2n) is 4.14. The lowest BCUT2D eigenvalue weighted by Gasteiger charge is -2.38. The van der Waals surface area contributed by atoms with Gasteiger partial charge in [-0.3, -0.25) is 9.69 Å². The zero-order valence-corrected chi connectivity index (χ0v) is 11.6. The van der Waals surface area contributed by atoms with Crippen molar-refractivity contribution >= 4 is 18.6 Å². The monoisotopic (exact) mass is 247 g/mol. The highest BCUT2D eigenvalue weighted by molar-refractivity contribution is 7.80. The topological polar surface area (TPSA) is 40.5 Å². The number of likely N-dealkylation sites (N-methyl/N-ethyl adjacent to an activating group) is 1. The van der Waals surface area contributed by atoms with Crippen molar-refractivity contribution < 1.29 is 9.90 Å². The molecule has 0 aliphatic rings. The molecule has 0 saturated heterocycles. The smallest absolute Gasteiger partial charge is 0.324 e. The van der Waals surface area contributed by atoms with Gasteiger partial charge in [-0.2, -0.15) is 12.6 Å². The summed E-state index contributed by atoms with van der Waals surface area (Å²) in [6.45, 7) is 7.71. The molecule has 1 N–H and O–H groups in total. The number of carbonyl (C=O) groups is 1. The molecule has 16 heavy (non-hydrogen) atoms. The van der Waals surface area contributed by atoms with Gasteiger partial charge in [-0.15, -0.1) is 0 Å². The first-order valence-electron chi connectivity index (χ1n) is 6.18. The van der Waals surface area contributed by atoms with Crippen LogP contribution >= 0.6 is 12.6 Å². The Kier molecular flexibility index (Phi) is 7.85. The van der Waals surface area contributed by atoms with Crippen LogP contribution in [-0.2, 0) is 4.79 Å². The molecule has 0 amide bonds. The van der Waals surface area contributed by atoms with E-state index < -0.39 is 11.5 Å². The quantitative estimate of drug-likeness (QED) is 0.486. The lowest BCUT2D eigenvalue weighted by molar-refractivity contribution is -0.150. The maximum atomic E-state index is 11.4. The Bertz CT molecular complexity index is 205. The molecule has 4 heteroatoms. The molecule has 0 spiro atoms. The Morgan fingerprint density at radius 3 is 2.25 bits per heavy atom. The van der Waals surface area contributed by atoms with Gasteiger partial charge in [0, 0.05) is 5.75 Å². The molecule has 3 nitrogen and oxygen atoms in total. The van der Waals surface area contributed by atoms with Crippen LogP contribution in [0.25, 0.3) is 0 Å². The molecule has 0 aliphatic carbocycles. The Labute approximate surface area is 105 Å². The van der Waals surface area contributed by atoms with Crippen molar-refractivity contribution in [3.05, 3.63) is 0 Å². The zero-order chi connectivity index (χ0) is 12.6. The zero-order valence-electron chi connectivity index (χ0n) is 10.7. The Morgan fingerprint density at radius 1 is 1.31 bits per heavy atom. The molecule has 0 aromatic rings. The summed E-state index contributed by atoms with van der Waals surface area (Å²) in [7, 11) is 0. The molecule has 0 aromatic heterocycles. The number of carboxylic acid groups (broad SMARTS) is 1. The Morgan fingerprint density at radius 2 is 1.94 bits per heavy atom. The van der Waals surface area contributed by atoms with Crippen LogP contribution in [0.3, 0.4) is 0 Å². The van der Waals surface area contributed by atoms with E-state index in [9.17, 15) is 9.90 Å². The van der Waals surface area contributed by atoms with Crippen LogP contribution in [0.5, 0.6) is 0 Å². The second kappa shape index (κ2) is 7.96. The van der Waals surface area contributed by atoms with E-state index in [2.05, 4.69) is 24.5 Å². The summed E-state index contributed by atoms with van der Waals surface area (Å²) >= 11 is 4.24. The third-order valence-corrected chi connectivity index (χ3v) is 3.79. The van der Waals surface area contributed by atoms with E-state index in [4.69, 9.17) is 0 Å². The minimum atomic E-state index is -0.786. The van der Waals surface area contributed by atoms with Crippen LogP contribution in [0.15, 0.2) is 0 Å². The fourth-order valence-corrected chi connectivity index (χ4v) is 2.58. The highest BCUT2D eigenvalue weighted by Crippen LogP contribution is 2.22. The van der Waals surface area contributed by atoms with Crippen LogP contribution in [0.4, 0.5) is 0 Å². The van der Waals surface area contributed by atoms with Crippen molar-refractivity contribution in [1.29, 1.82) is 0 Å². The summed E-state index contributed by atoms with van der Waals surface area (Å²) in [4.78, 5) is 13.5. The number of unbranched alkanes of at least 4 members (excludes halogenated alkanes) is 2. The summed E-state index contributed by atoms with van der Waals surface area (Å²) in [6, 6.07) is 0. The van der Waals surface area contributed by atoms with Crippen molar-refractivity contribution in [1.82, 2.24) is 4.90 Å². The standard InChI is InChI=1S/C12H25NO2S/c1-4-7-8-9-13(6-3)12(5-2,10-16)11(14)15/h16H,4-10H2,1-3H3,(H,14,15)/t12-/m0/s1. The molecule has 0 unspecified atom stereocenters.